The van der Waals surface area contributed by atoms with E-state index >= 15 is 4.39 Å². The molecule has 2 aromatic rings. The molecule has 1 saturated heterocycles. The maximum Gasteiger partial charge on any atom is 0.239 e. The predicted molar refractivity (Wildman–Crippen MR) is 126 cm³/mol. The number of hydrogen-bond acceptors (Lipinski definition) is 7. The minimum absolute atomic E-state index is 0.0494. The lowest BCUT2D eigenvalue weighted by atomic mass is 9.84. The van der Waals surface area contributed by atoms with Crippen LogP contribution in [0.3, 0.4) is 0 Å². The molecule has 5 rings (SSSR count). The third-order valence-corrected chi connectivity index (χ3v) is 8.13. The van der Waals surface area contributed by atoms with E-state index in [9.17, 15) is 13.6 Å². The Balaban J connectivity index is 1.47. The summed E-state index contributed by atoms with van der Waals surface area (Å²) in [5.74, 6) is -1.80. The fourth-order valence-electron chi connectivity index (χ4n) is 4.97. The topological polar surface area (TPSA) is 108 Å². The van der Waals surface area contributed by atoms with Crippen LogP contribution < -0.4 is 5.73 Å². The van der Waals surface area contributed by atoms with Crippen LogP contribution in [0.4, 0.5) is 13.2 Å². The molecular formula is C24H21F3N6OS. The van der Waals surface area contributed by atoms with E-state index in [1.54, 1.807) is 6.92 Å². The third-order valence-electron chi connectivity index (χ3n) is 6.84. The van der Waals surface area contributed by atoms with Gasteiger partial charge < -0.3 is 10.6 Å². The zero-order valence-corrected chi connectivity index (χ0v) is 19.5. The van der Waals surface area contributed by atoms with Gasteiger partial charge in [0.1, 0.15) is 28.5 Å². The average molecular weight is 499 g/mol. The molecule has 7 nitrogen and oxygen atoms in total. The molecule has 11 heteroatoms. The van der Waals surface area contributed by atoms with Crippen molar-refractivity contribution in [1.82, 2.24) is 14.9 Å². The second-order valence-electron chi connectivity index (χ2n) is 9.11. The standard InChI is InChI=1S/C24H21F3N6OS/c1-23(20-8-24(20,35-22(29)32-23)21(34)33-5-4-14(25)12-33)16-6-13(2-3-17(16)26)7-18(27)19-11-30-15(9-28)10-31-19/h2-3,6-7,10-11,14,20H,4-5,8,12H2,1H3,(H2,29,32)/b18-7-/t14-,20-,23+,24-/m0/s1. The lowest BCUT2D eigenvalue weighted by Gasteiger charge is -2.35. The number of nitrogens with zero attached hydrogens (tertiary/aromatic N) is 5. The van der Waals surface area contributed by atoms with Crippen LogP contribution in [0.25, 0.3) is 11.9 Å². The summed E-state index contributed by atoms with van der Waals surface area (Å²) in [6.07, 6.45) is 3.17. The highest BCUT2D eigenvalue weighted by Crippen LogP contribution is 2.66. The highest BCUT2D eigenvalue weighted by atomic mass is 32.2. The molecule has 2 aliphatic heterocycles. The maximum absolute atomic E-state index is 15.1. The number of carbonyl (C=O) groups is 1. The van der Waals surface area contributed by atoms with Gasteiger partial charge in [-0.05, 0) is 43.5 Å². The molecule has 1 amide bonds. The minimum Gasteiger partial charge on any atom is -0.378 e. The molecule has 0 bridgehead atoms. The van der Waals surface area contributed by atoms with Gasteiger partial charge in [0.15, 0.2) is 16.7 Å². The number of aliphatic imine (C=N–C) groups is 1. The molecule has 0 radical (unpaired) electrons. The van der Waals surface area contributed by atoms with Crippen molar-refractivity contribution in [2.75, 3.05) is 13.1 Å². The number of nitrogens with two attached hydrogens (primary N) is 1. The molecule has 1 saturated carbocycles. The number of likely N-dealkylation sites (tertiary alicyclic amines) is 1. The SMILES string of the molecule is C[C@]1(c2cc(/C=C(\F)c3cnc(C#N)cn3)ccc2F)N=C(N)S[C@@]2(C(=O)N3CC[C@H](F)C3)C[C@H]21. The molecule has 4 atom stereocenters. The molecule has 0 unspecified atom stereocenters. The van der Waals surface area contributed by atoms with Crippen LogP contribution in [-0.2, 0) is 10.3 Å². The van der Waals surface area contributed by atoms with Crippen LogP contribution in [0.5, 0.6) is 0 Å². The van der Waals surface area contributed by atoms with Crippen LogP contribution in [0.1, 0.15) is 42.3 Å². The second-order valence-corrected chi connectivity index (χ2v) is 10.5. The summed E-state index contributed by atoms with van der Waals surface area (Å²) in [5.41, 5.74) is 5.50. The minimum atomic E-state index is -1.15. The van der Waals surface area contributed by atoms with Crippen molar-refractivity contribution in [3.05, 3.63) is 58.9 Å². The Morgan fingerprint density at radius 2 is 2.17 bits per heavy atom. The number of amidine groups is 1. The van der Waals surface area contributed by atoms with E-state index in [1.165, 1.54) is 29.2 Å². The summed E-state index contributed by atoms with van der Waals surface area (Å²) in [5, 5.41) is 8.98. The van der Waals surface area contributed by atoms with Gasteiger partial charge in [-0.15, -0.1) is 0 Å². The smallest absolute Gasteiger partial charge is 0.239 e. The highest BCUT2D eigenvalue weighted by Gasteiger charge is 2.71. The van der Waals surface area contributed by atoms with E-state index in [2.05, 4.69) is 15.0 Å². The number of amides is 1. The Morgan fingerprint density at radius 3 is 2.83 bits per heavy atom. The number of halogens is 3. The summed E-state index contributed by atoms with van der Waals surface area (Å²) >= 11 is 1.16. The van der Waals surface area contributed by atoms with Crippen molar-refractivity contribution in [3.63, 3.8) is 0 Å². The van der Waals surface area contributed by atoms with Crippen molar-refractivity contribution in [2.45, 2.75) is 36.2 Å². The number of fused-ring (bicyclic) bond motifs is 1. The Bertz CT molecular complexity index is 1310. The number of aromatic nitrogens is 2. The van der Waals surface area contributed by atoms with Gasteiger partial charge in [-0.3, -0.25) is 9.79 Å². The van der Waals surface area contributed by atoms with Gasteiger partial charge in [-0.25, -0.2) is 23.1 Å². The van der Waals surface area contributed by atoms with Crippen LogP contribution in [0.2, 0.25) is 0 Å². The number of thioether (sulfide) groups is 1. The maximum atomic E-state index is 15.1. The molecule has 2 N–H and O–H groups in total. The molecule has 1 aromatic heterocycles. The van der Waals surface area contributed by atoms with Crippen molar-refractivity contribution in [2.24, 2.45) is 16.6 Å². The number of benzene rings is 1. The quantitative estimate of drug-likeness (QED) is 0.691. The van der Waals surface area contributed by atoms with Crippen molar-refractivity contribution < 1.29 is 18.0 Å². The first kappa shape index (κ1) is 23.4. The largest absolute Gasteiger partial charge is 0.378 e. The molecule has 3 heterocycles. The number of nitriles is 1. The Labute approximate surface area is 203 Å². The van der Waals surface area contributed by atoms with Crippen molar-refractivity contribution in [3.8, 4) is 6.07 Å². The van der Waals surface area contributed by atoms with Gasteiger partial charge in [0.05, 0.1) is 24.5 Å². The fourth-order valence-corrected chi connectivity index (χ4v) is 6.42. The number of hydrogen-bond donors (Lipinski definition) is 1. The highest BCUT2D eigenvalue weighted by molar-refractivity contribution is 8.15. The van der Waals surface area contributed by atoms with E-state index in [0.717, 1.165) is 24.2 Å². The van der Waals surface area contributed by atoms with Gasteiger partial charge in [0, 0.05) is 18.0 Å². The van der Waals surface area contributed by atoms with Gasteiger partial charge in [-0.2, -0.15) is 5.26 Å². The first-order chi connectivity index (χ1) is 16.7. The Hall–Kier alpha value is -3.39. The number of rotatable bonds is 4. The molecule has 2 fully saturated rings. The molecule has 3 aliphatic rings. The predicted octanol–water partition coefficient (Wildman–Crippen LogP) is 3.56. The summed E-state index contributed by atoms with van der Waals surface area (Å²) in [4.78, 5) is 27.1. The van der Waals surface area contributed by atoms with Crippen LogP contribution in [0, 0.1) is 23.1 Å². The van der Waals surface area contributed by atoms with Crippen LogP contribution >= 0.6 is 11.8 Å². The van der Waals surface area contributed by atoms with E-state index in [0.29, 0.717) is 24.9 Å². The fraction of sp³-hybridized carbons (Fsp3) is 0.375. The Kier molecular flexibility index (Phi) is 5.59. The second kappa shape index (κ2) is 8.37. The lowest BCUT2D eigenvalue weighted by Crippen LogP contribution is -2.45. The van der Waals surface area contributed by atoms with Gasteiger partial charge in [0.2, 0.25) is 5.91 Å². The summed E-state index contributed by atoms with van der Waals surface area (Å²) < 4.78 is 42.7. The summed E-state index contributed by atoms with van der Waals surface area (Å²) in [6, 6.07) is 5.94. The zero-order chi connectivity index (χ0) is 25.0. The molecule has 0 spiro atoms. The number of alkyl halides is 1. The first-order valence-electron chi connectivity index (χ1n) is 11.0. The van der Waals surface area contributed by atoms with Gasteiger partial charge in [0.25, 0.3) is 0 Å². The third kappa shape index (κ3) is 3.95. The van der Waals surface area contributed by atoms with Gasteiger partial charge >= 0.3 is 0 Å². The van der Waals surface area contributed by atoms with Crippen molar-refractivity contribution >= 4 is 34.7 Å². The summed E-state index contributed by atoms with van der Waals surface area (Å²) in [6.45, 7) is 2.11. The van der Waals surface area contributed by atoms with Crippen LogP contribution in [-0.4, -0.2) is 50.0 Å². The number of carbonyl (C=O) groups excluding carboxylic acids is 1. The molecule has 35 heavy (non-hydrogen) atoms. The molecule has 180 valence electrons. The first-order valence-corrected chi connectivity index (χ1v) is 11.9. The normalized spacial score (nSPS) is 29.9. The van der Waals surface area contributed by atoms with E-state index in [-0.39, 0.29) is 40.5 Å². The van der Waals surface area contributed by atoms with Gasteiger partial charge in [-0.1, -0.05) is 17.8 Å². The monoisotopic (exact) mass is 498 g/mol. The zero-order valence-electron chi connectivity index (χ0n) is 18.7. The molecule has 1 aliphatic carbocycles. The van der Waals surface area contributed by atoms with Crippen LogP contribution in [0.15, 0.2) is 35.6 Å². The molecule has 1 aromatic carbocycles. The lowest BCUT2D eigenvalue weighted by molar-refractivity contribution is -0.131. The average Bonchev–Trinajstić information content (AvgIpc) is 3.44. The summed E-state index contributed by atoms with van der Waals surface area (Å²) in [7, 11) is 0. The van der Waals surface area contributed by atoms with E-state index < -0.39 is 28.1 Å². The Morgan fingerprint density at radius 1 is 1.37 bits per heavy atom. The van der Waals surface area contributed by atoms with Crippen molar-refractivity contribution in [1.29, 1.82) is 5.26 Å². The van der Waals surface area contributed by atoms with E-state index in [4.69, 9.17) is 11.0 Å². The van der Waals surface area contributed by atoms with E-state index in [1.807, 2.05) is 6.07 Å². The molecular weight excluding hydrogens is 477 g/mol.